The lowest BCUT2D eigenvalue weighted by molar-refractivity contribution is 0.0934. The normalized spacial score (nSPS) is 15.4. The van der Waals surface area contributed by atoms with Crippen LogP contribution in [0.4, 0.5) is 5.95 Å². The lowest BCUT2D eigenvalue weighted by atomic mass is 10.1. The molecule has 0 aliphatic heterocycles. The summed E-state index contributed by atoms with van der Waals surface area (Å²) in [6.45, 7) is 1.92. The molecule has 2 aromatic rings. The van der Waals surface area contributed by atoms with Crippen LogP contribution in [0.5, 0.6) is 0 Å². The molecule has 0 radical (unpaired) electrons. The molecule has 0 saturated heterocycles. The molecule has 1 heterocycles. The third kappa shape index (κ3) is 4.33. The molecule has 1 amide bonds. The van der Waals surface area contributed by atoms with E-state index in [1.165, 1.54) is 6.20 Å². The van der Waals surface area contributed by atoms with Crippen LogP contribution in [-0.4, -0.2) is 29.5 Å². The first-order chi connectivity index (χ1) is 12.0. The molecule has 0 spiro atoms. The largest absolute Gasteiger partial charge is 0.344 e. The fraction of sp³-hybridized carbons (Fsp3) is 0.353. The number of rotatable bonds is 7. The fourth-order valence-corrected chi connectivity index (χ4v) is 3.70. The second-order valence-electron chi connectivity index (χ2n) is 5.95. The predicted octanol–water partition coefficient (Wildman–Crippen LogP) is 2.26. The van der Waals surface area contributed by atoms with Crippen LogP contribution in [0, 0.1) is 0 Å². The van der Waals surface area contributed by atoms with Crippen LogP contribution in [0.1, 0.15) is 48.3 Å². The van der Waals surface area contributed by atoms with Gasteiger partial charge >= 0.3 is 0 Å². The summed E-state index contributed by atoms with van der Waals surface area (Å²) in [6, 6.07) is 10.2. The lowest BCUT2D eigenvalue weighted by Gasteiger charge is -2.17. The maximum absolute atomic E-state index is 12.3. The molecule has 3 rings (SSSR count). The molecule has 25 heavy (non-hydrogen) atoms. The number of aromatic nitrogens is 2. The Labute approximate surface area is 146 Å². The van der Waals surface area contributed by atoms with E-state index >= 15 is 0 Å². The summed E-state index contributed by atoms with van der Waals surface area (Å²) < 4.78 is 26.5. The van der Waals surface area contributed by atoms with Crippen LogP contribution in [0.2, 0.25) is 0 Å². The highest BCUT2D eigenvalue weighted by molar-refractivity contribution is 7.93. The standard InChI is InChI=1S/C17H20N4O3S/c1-2-14(19-16(22)12-6-4-3-5-7-12)15-10-11-18-17(20-15)21-25(23,24)13-8-9-13/h3-7,10-11,13-14H,2,8-9H2,1H3,(H,19,22)(H,18,20,21). The topological polar surface area (TPSA) is 101 Å². The maximum Gasteiger partial charge on any atom is 0.251 e. The van der Waals surface area contributed by atoms with Crippen molar-refractivity contribution in [3.05, 3.63) is 53.9 Å². The number of nitrogens with one attached hydrogen (secondary N) is 2. The number of nitrogens with zero attached hydrogens (tertiary/aromatic N) is 2. The number of hydrogen-bond donors (Lipinski definition) is 2. The summed E-state index contributed by atoms with van der Waals surface area (Å²) in [7, 11) is -3.42. The van der Waals surface area contributed by atoms with E-state index in [1.807, 2.05) is 13.0 Å². The second kappa shape index (κ2) is 7.18. The SMILES string of the molecule is CCC(NC(=O)c1ccccc1)c1ccnc(NS(=O)(=O)C2CC2)n1. The molecule has 1 fully saturated rings. The first-order valence-corrected chi connectivity index (χ1v) is 9.74. The molecule has 132 valence electrons. The van der Waals surface area contributed by atoms with Gasteiger partial charge in [0.25, 0.3) is 5.91 Å². The quantitative estimate of drug-likeness (QED) is 0.789. The zero-order valence-corrected chi connectivity index (χ0v) is 14.7. The van der Waals surface area contributed by atoms with Crippen LogP contribution in [0.3, 0.4) is 0 Å². The van der Waals surface area contributed by atoms with Crippen LogP contribution in [-0.2, 0) is 10.0 Å². The van der Waals surface area contributed by atoms with E-state index in [2.05, 4.69) is 20.0 Å². The van der Waals surface area contributed by atoms with Gasteiger partial charge in [-0.3, -0.25) is 9.52 Å². The predicted molar refractivity (Wildman–Crippen MR) is 94.5 cm³/mol. The van der Waals surface area contributed by atoms with E-state index in [1.54, 1.807) is 30.3 Å². The zero-order valence-electron chi connectivity index (χ0n) is 13.8. The Morgan fingerprint density at radius 2 is 1.96 bits per heavy atom. The molecule has 1 aromatic carbocycles. The highest BCUT2D eigenvalue weighted by Gasteiger charge is 2.36. The lowest BCUT2D eigenvalue weighted by Crippen LogP contribution is -2.29. The van der Waals surface area contributed by atoms with E-state index in [0.717, 1.165) is 0 Å². The fourth-order valence-electron chi connectivity index (χ4n) is 2.42. The van der Waals surface area contributed by atoms with Gasteiger partial charge in [0.1, 0.15) is 0 Å². The van der Waals surface area contributed by atoms with E-state index in [0.29, 0.717) is 30.5 Å². The van der Waals surface area contributed by atoms with Gasteiger partial charge in [-0.15, -0.1) is 0 Å². The van der Waals surface area contributed by atoms with E-state index in [4.69, 9.17) is 0 Å². The minimum Gasteiger partial charge on any atom is -0.344 e. The molecular weight excluding hydrogens is 340 g/mol. The number of anilines is 1. The Morgan fingerprint density at radius 1 is 1.24 bits per heavy atom. The monoisotopic (exact) mass is 360 g/mol. The molecule has 1 aromatic heterocycles. The Bertz CT molecular complexity index is 851. The van der Waals surface area contributed by atoms with Gasteiger partial charge in [0, 0.05) is 11.8 Å². The third-order valence-corrected chi connectivity index (χ3v) is 5.80. The summed E-state index contributed by atoms with van der Waals surface area (Å²) in [4.78, 5) is 20.6. The van der Waals surface area contributed by atoms with Crippen molar-refractivity contribution in [2.45, 2.75) is 37.5 Å². The first-order valence-electron chi connectivity index (χ1n) is 8.20. The summed E-state index contributed by atoms with van der Waals surface area (Å²) in [6.07, 6.45) is 3.44. The average Bonchev–Trinajstić information content (AvgIpc) is 3.46. The van der Waals surface area contributed by atoms with Crippen molar-refractivity contribution in [2.75, 3.05) is 4.72 Å². The second-order valence-corrected chi connectivity index (χ2v) is 7.91. The molecule has 1 aliphatic rings. The minimum atomic E-state index is -3.42. The van der Waals surface area contributed by atoms with Gasteiger partial charge < -0.3 is 5.32 Å². The number of amides is 1. The molecule has 7 nitrogen and oxygen atoms in total. The highest BCUT2D eigenvalue weighted by Crippen LogP contribution is 2.29. The summed E-state index contributed by atoms with van der Waals surface area (Å²) >= 11 is 0. The third-order valence-electron chi connectivity index (χ3n) is 3.98. The molecule has 1 unspecified atom stereocenters. The van der Waals surface area contributed by atoms with Crippen molar-refractivity contribution in [1.29, 1.82) is 0 Å². The number of sulfonamides is 1. The Balaban J connectivity index is 1.74. The van der Waals surface area contributed by atoms with Crippen LogP contribution in [0.25, 0.3) is 0 Å². The molecular formula is C17H20N4O3S. The highest BCUT2D eigenvalue weighted by atomic mass is 32.2. The summed E-state index contributed by atoms with van der Waals surface area (Å²) in [5.74, 6) is -0.164. The molecule has 2 N–H and O–H groups in total. The smallest absolute Gasteiger partial charge is 0.251 e. The Kier molecular flexibility index (Phi) is 4.98. The van der Waals surface area contributed by atoms with E-state index in [9.17, 15) is 13.2 Å². The minimum absolute atomic E-state index is 0.0387. The van der Waals surface area contributed by atoms with Gasteiger partial charge in [-0.2, -0.15) is 0 Å². The van der Waals surface area contributed by atoms with Gasteiger partial charge in [0.2, 0.25) is 16.0 Å². The zero-order chi connectivity index (χ0) is 17.9. The molecule has 1 atom stereocenters. The summed E-state index contributed by atoms with van der Waals surface area (Å²) in [5, 5.41) is 2.57. The van der Waals surface area contributed by atoms with Crippen molar-refractivity contribution in [2.24, 2.45) is 0 Å². The molecule has 1 aliphatic carbocycles. The van der Waals surface area contributed by atoms with Crippen LogP contribution < -0.4 is 10.0 Å². The molecule has 0 bridgehead atoms. The molecule has 8 heteroatoms. The summed E-state index contributed by atoms with van der Waals surface area (Å²) in [5.41, 5.74) is 1.12. The number of benzene rings is 1. The number of carbonyl (C=O) groups is 1. The number of carbonyl (C=O) groups excluding carboxylic acids is 1. The van der Waals surface area contributed by atoms with Crippen molar-refractivity contribution < 1.29 is 13.2 Å². The van der Waals surface area contributed by atoms with Crippen molar-refractivity contribution in [3.63, 3.8) is 0 Å². The van der Waals surface area contributed by atoms with Crippen LogP contribution >= 0.6 is 0 Å². The van der Waals surface area contributed by atoms with Crippen molar-refractivity contribution in [3.8, 4) is 0 Å². The van der Waals surface area contributed by atoms with Gasteiger partial charge in [-0.25, -0.2) is 18.4 Å². The molecule has 1 saturated carbocycles. The van der Waals surface area contributed by atoms with Crippen molar-refractivity contribution >= 4 is 21.9 Å². The van der Waals surface area contributed by atoms with Gasteiger partial charge in [-0.05, 0) is 37.5 Å². The van der Waals surface area contributed by atoms with Crippen molar-refractivity contribution in [1.82, 2.24) is 15.3 Å². The van der Waals surface area contributed by atoms with E-state index in [-0.39, 0.29) is 23.1 Å². The Hall–Kier alpha value is -2.48. The first kappa shape index (κ1) is 17.3. The van der Waals surface area contributed by atoms with Crippen LogP contribution in [0.15, 0.2) is 42.6 Å². The van der Waals surface area contributed by atoms with E-state index < -0.39 is 10.0 Å². The van der Waals surface area contributed by atoms with Gasteiger partial charge in [-0.1, -0.05) is 25.1 Å². The van der Waals surface area contributed by atoms with Gasteiger partial charge in [0.15, 0.2) is 0 Å². The Morgan fingerprint density at radius 3 is 2.60 bits per heavy atom. The van der Waals surface area contributed by atoms with Gasteiger partial charge in [0.05, 0.1) is 17.0 Å². The maximum atomic E-state index is 12.3. The average molecular weight is 360 g/mol. The number of hydrogen-bond acceptors (Lipinski definition) is 5.